The molecule has 0 aromatic carbocycles. The molecule has 2 aliphatic rings. The zero-order valence-electron chi connectivity index (χ0n) is 8.27. The Morgan fingerprint density at radius 3 is 2.29 bits per heavy atom. The van der Waals surface area contributed by atoms with Gasteiger partial charge in [-0.3, -0.25) is 0 Å². The highest BCUT2D eigenvalue weighted by Crippen LogP contribution is 2.48. The molecule has 0 radical (unpaired) electrons. The van der Waals surface area contributed by atoms with E-state index >= 15 is 0 Å². The molecule has 0 aliphatic heterocycles. The minimum absolute atomic E-state index is 0.123. The first-order valence-electron chi connectivity index (χ1n) is 5.26. The first kappa shape index (κ1) is 10.3. The highest BCUT2D eigenvalue weighted by atomic mass is 19.4. The van der Waals surface area contributed by atoms with Gasteiger partial charge < -0.3 is 5.32 Å². The second-order valence-corrected chi connectivity index (χ2v) is 4.81. The molecule has 0 spiro atoms. The van der Waals surface area contributed by atoms with E-state index in [2.05, 4.69) is 12.2 Å². The van der Waals surface area contributed by atoms with Crippen molar-refractivity contribution in [3.8, 4) is 0 Å². The fourth-order valence-electron chi connectivity index (χ4n) is 3.06. The number of fused-ring (bicyclic) bond motifs is 2. The van der Waals surface area contributed by atoms with Crippen molar-refractivity contribution in [2.75, 3.05) is 6.54 Å². The molecule has 2 rings (SSSR count). The SMILES string of the molecule is CC1CC2CC1CC2NCC(F)(F)F. The fraction of sp³-hybridized carbons (Fsp3) is 1.00. The van der Waals surface area contributed by atoms with Crippen molar-refractivity contribution < 1.29 is 13.2 Å². The molecule has 14 heavy (non-hydrogen) atoms. The lowest BCUT2D eigenvalue weighted by Crippen LogP contribution is -2.40. The van der Waals surface area contributed by atoms with Crippen molar-refractivity contribution in [2.24, 2.45) is 17.8 Å². The maximum absolute atomic E-state index is 12.0. The smallest absolute Gasteiger partial charge is 0.306 e. The Morgan fingerprint density at radius 1 is 1.14 bits per heavy atom. The standard InChI is InChI=1S/C10H16F3N/c1-6-2-8-3-7(6)4-9(8)14-5-10(11,12)13/h6-9,14H,2-5H2,1H3. The summed E-state index contributed by atoms with van der Waals surface area (Å²) in [6.45, 7) is 1.39. The normalized spacial score (nSPS) is 42.0. The van der Waals surface area contributed by atoms with Crippen molar-refractivity contribution in [3.05, 3.63) is 0 Å². The summed E-state index contributed by atoms with van der Waals surface area (Å²) in [6, 6.07) is 0.123. The molecule has 2 fully saturated rings. The van der Waals surface area contributed by atoms with Crippen LogP contribution in [0.1, 0.15) is 26.2 Å². The van der Waals surface area contributed by atoms with Gasteiger partial charge in [-0.05, 0) is 37.0 Å². The van der Waals surface area contributed by atoms with Gasteiger partial charge in [-0.2, -0.15) is 13.2 Å². The molecular formula is C10H16F3N. The van der Waals surface area contributed by atoms with Crippen molar-refractivity contribution >= 4 is 0 Å². The average molecular weight is 207 g/mol. The third kappa shape index (κ3) is 2.05. The number of rotatable bonds is 2. The van der Waals surface area contributed by atoms with Crippen LogP contribution in [0, 0.1) is 17.8 Å². The molecule has 0 amide bonds. The summed E-state index contributed by atoms with van der Waals surface area (Å²) in [5.41, 5.74) is 0. The third-order valence-corrected chi connectivity index (χ3v) is 3.78. The van der Waals surface area contributed by atoms with E-state index in [1.165, 1.54) is 0 Å². The van der Waals surface area contributed by atoms with E-state index in [4.69, 9.17) is 0 Å². The number of halogens is 3. The van der Waals surface area contributed by atoms with E-state index in [0.717, 1.165) is 25.2 Å². The molecule has 2 saturated carbocycles. The van der Waals surface area contributed by atoms with Crippen LogP contribution < -0.4 is 5.32 Å². The van der Waals surface area contributed by atoms with Crippen molar-refractivity contribution in [1.29, 1.82) is 0 Å². The molecule has 4 unspecified atom stereocenters. The van der Waals surface area contributed by atoms with Crippen LogP contribution >= 0.6 is 0 Å². The molecule has 0 saturated heterocycles. The number of alkyl halides is 3. The Labute approximate surface area is 82.1 Å². The highest BCUT2D eigenvalue weighted by molar-refractivity contribution is 4.97. The zero-order chi connectivity index (χ0) is 10.3. The van der Waals surface area contributed by atoms with Crippen molar-refractivity contribution in [1.82, 2.24) is 5.32 Å². The van der Waals surface area contributed by atoms with Crippen LogP contribution in [0.5, 0.6) is 0 Å². The Kier molecular flexibility index (Phi) is 2.50. The molecule has 82 valence electrons. The van der Waals surface area contributed by atoms with Gasteiger partial charge in [-0.15, -0.1) is 0 Å². The van der Waals surface area contributed by atoms with Crippen molar-refractivity contribution in [3.63, 3.8) is 0 Å². The van der Waals surface area contributed by atoms with Gasteiger partial charge in [0.1, 0.15) is 0 Å². The van der Waals surface area contributed by atoms with E-state index in [-0.39, 0.29) is 6.04 Å². The average Bonchev–Trinajstić information content (AvgIpc) is 2.57. The topological polar surface area (TPSA) is 12.0 Å². The molecule has 1 N–H and O–H groups in total. The Morgan fingerprint density at radius 2 is 1.86 bits per heavy atom. The minimum Gasteiger partial charge on any atom is -0.306 e. The summed E-state index contributed by atoms with van der Waals surface area (Å²) < 4.78 is 35.9. The fourth-order valence-corrected chi connectivity index (χ4v) is 3.06. The van der Waals surface area contributed by atoms with E-state index in [1.807, 2.05) is 0 Å². The quantitative estimate of drug-likeness (QED) is 0.733. The number of nitrogens with one attached hydrogen (secondary N) is 1. The van der Waals surface area contributed by atoms with E-state index in [9.17, 15) is 13.2 Å². The number of hydrogen-bond acceptors (Lipinski definition) is 1. The predicted molar refractivity (Wildman–Crippen MR) is 47.8 cm³/mol. The first-order valence-corrected chi connectivity index (χ1v) is 5.26. The second kappa shape index (κ2) is 3.40. The van der Waals surface area contributed by atoms with Crippen LogP contribution in [0.4, 0.5) is 13.2 Å². The number of hydrogen-bond donors (Lipinski definition) is 1. The molecule has 4 atom stereocenters. The van der Waals surface area contributed by atoms with Gasteiger partial charge in [0.2, 0.25) is 0 Å². The summed E-state index contributed by atoms with van der Waals surface area (Å²) in [6.07, 6.45) is -0.869. The Balaban J connectivity index is 1.80. The highest BCUT2D eigenvalue weighted by Gasteiger charge is 2.44. The molecule has 2 aliphatic carbocycles. The largest absolute Gasteiger partial charge is 0.401 e. The van der Waals surface area contributed by atoms with Crippen molar-refractivity contribution in [2.45, 2.75) is 38.4 Å². The summed E-state index contributed by atoms with van der Waals surface area (Å²) in [4.78, 5) is 0. The van der Waals surface area contributed by atoms with E-state index in [1.54, 1.807) is 0 Å². The van der Waals surface area contributed by atoms with E-state index < -0.39 is 12.7 Å². The van der Waals surface area contributed by atoms with Gasteiger partial charge in [-0.25, -0.2) is 0 Å². The van der Waals surface area contributed by atoms with E-state index in [0.29, 0.717) is 11.8 Å². The van der Waals surface area contributed by atoms with Gasteiger partial charge >= 0.3 is 6.18 Å². The molecular weight excluding hydrogens is 191 g/mol. The maximum Gasteiger partial charge on any atom is 0.401 e. The van der Waals surface area contributed by atoms with Crippen LogP contribution in [0.3, 0.4) is 0 Å². The van der Waals surface area contributed by atoms with Crippen LogP contribution in [-0.2, 0) is 0 Å². The Hall–Kier alpha value is -0.250. The zero-order valence-corrected chi connectivity index (χ0v) is 8.27. The monoisotopic (exact) mass is 207 g/mol. The maximum atomic E-state index is 12.0. The van der Waals surface area contributed by atoms with Gasteiger partial charge in [-0.1, -0.05) is 6.92 Å². The molecule has 2 bridgehead atoms. The molecule has 4 heteroatoms. The summed E-state index contributed by atoms with van der Waals surface area (Å²) in [5, 5.41) is 2.65. The van der Waals surface area contributed by atoms with Gasteiger partial charge in [0.15, 0.2) is 0 Å². The summed E-state index contributed by atoms with van der Waals surface area (Å²) in [7, 11) is 0. The summed E-state index contributed by atoms with van der Waals surface area (Å²) in [5.74, 6) is 1.90. The molecule has 1 nitrogen and oxygen atoms in total. The third-order valence-electron chi connectivity index (χ3n) is 3.78. The van der Waals surface area contributed by atoms with Gasteiger partial charge in [0, 0.05) is 6.04 Å². The lowest BCUT2D eigenvalue weighted by atomic mass is 9.87. The molecule has 0 aromatic rings. The minimum atomic E-state index is -4.06. The van der Waals surface area contributed by atoms with Crippen LogP contribution in [0.2, 0.25) is 0 Å². The van der Waals surface area contributed by atoms with Crippen LogP contribution in [-0.4, -0.2) is 18.8 Å². The predicted octanol–water partition coefficient (Wildman–Crippen LogP) is 2.57. The van der Waals surface area contributed by atoms with Crippen LogP contribution in [0.25, 0.3) is 0 Å². The lowest BCUT2D eigenvalue weighted by Gasteiger charge is -2.26. The Bertz CT molecular complexity index is 212. The molecule has 0 aromatic heterocycles. The lowest BCUT2D eigenvalue weighted by molar-refractivity contribution is -0.127. The first-order chi connectivity index (χ1) is 6.46. The summed E-state index contributed by atoms with van der Waals surface area (Å²) >= 11 is 0. The van der Waals surface area contributed by atoms with Gasteiger partial charge in [0.05, 0.1) is 6.54 Å². The van der Waals surface area contributed by atoms with Gasteiger partial charge in [0.25, 0.3) is 0 Å². The second-order valence-electron chi connectivity index (χ2n) is 4.81. The van der Waals surface area contributed by atoms with Crippen LogP contribution in [0.15, 0.2) is 0 Å². The molecule has 0 heterocycles.